The summed E-state index contributed by atoms with van der Waals surface area (Å²) in [7, 11) is 3.80. The van der Waals surface area contributed by atoms with Crippen LogP contribution in [-0.2, 0) is 45.4 Å². The van der Waals surface area contributed by atoms with Gasteiger partial charge in [0, 0.05) is 118 Å². The van der Waals surface area contributed by atoms with Crippen LogP contribution in [0.4, 0.5) is 0 Å². The molecule has 1 aromatic heterocycles. The summed E-state index contributed by atoms with van der Waals surface area (Å²) in [5, 5.41) is 33.3. The van der Waals surface area contributed by atoms with E-state index in [2.05, 4.69) is 288 Å². The number of hydrogen-bond acceptors (Lipinski definition) is 15. The summed E-state index contributed by atoms with van der Waals surface area (Å²) in [5.41, 5.74) is 2.14. The van der Waals surface area contributed by atoms with Crippen LogP contribution in [-0.4, -0.2) is 218 Å². The van der Waals surface area contributed by atoms with Gasteiger partial charge in [-0.25, -0.2) is 8.42 Å². The van der Waals surface area contributed by atoms with Gasteiger partial charge in [-0.1, -0.05) is 282 Å². The van der Waals surface area contributed by atoms with E-state index in [-0.39, 0.29) is 13.3 Å². The Bertz CT molecular complexity index is 2910. The molecule has 1 amide bonds. The highest BCUT2D eigenvalue weighted by Crippen LogP contribution is 2.37. The number of amides is 1. The van der Waals surface area contributed by atoms with Crippen molar-refractivity contribution in [2.24, 2.45) is 172 Å². The summed E-state index contributed by atoms with van der Waals surface area (Å²) in [6, 6.07) is 2.09. The lowest BCUT2D eigenvalue weighted by Crippen LogP contribution is -2.38. The van der Waals surface area contributed by atoms with E-state index in [0.29, 0.717) is 101 Å². The molecular weight excluding hydrogens is 1760 g/mol. The van der Waals surface area contributed by atoms with E-state index >= 15 is 0 Å². The lowest BCUT2D eigenvalue weighted by molar-refractivity contribution is -0.130. The van der Waals surface area contributed by atoms with Crippen LogP contribution in [0.15, 0.2) is 24.4 Å². The molecule has 0 saturated carbocycles. The van der Waals surface area contributed by atoms with Crippen LogP contribution in [0.25, 0.3) is 0 Å². The summed E-state index contributed by atoms with van der Waals surface area (Å²) < 4.78 is 50.0. The summed E-state index contributed by atoms with van der Waals surface area (Å²) in [5.74, 6) is 21.5. The first-order chi connectivity index (χ1) is 64.9. The zero-order chi connectivity index (χ0) is 107. The molecule has 140 heavy (non-hydrogen) atoms. The monoisotopic (exact) mass is 2010 g/mol. The Balaban J connectivity index is -0.000000466. The minimum absolute atomic E-state index is 0. The number of nitrogens with one attached hydrogen (secondary N) is 1. The van der Waals surface area contributed by atoms with Gasteiger partial charge in [0.2, 0.25) is 5.91 Å². The average molecular weight is 2010 g/mol. The van der Waals surface area contributed by atoms with Crippen molar-refractivity contribution in [1.29, 1.82) is 0 Å². The van der Waals surface area contributed by atoms with Crippen molar-refractivity contribution in [2.45, 2.75) is 418 Å². The standard InChI is InChI=1S/C11H23N.C10H19NO.2C10H21N.C9H16N2.C8H16O2S.3C8H16O.C8H16.C7H14O.C6H12O.3C6H14O.CH4/c1-10(2)6-7-11-5-4-8-12(3)9-11;1-8(2)10-4-6-11(7-5-10)9(3)12;1-9(2)7-10-5-4-6-11(3)8-10;1-9(2)5-6-10-4-3-7-11-8-10;1-7(2)8(3)9-5-6-11(4)10-9;1-7(2)8-3-5-11(9,10)6-4-8;2*1-7(2)8(3)4-5-9-6-8;1-7(2)8-3-5-9-6-4-8;1-4-5-6-7-8(2)3;1-6(2)7-3-4-8-5-7;1-5(2)6-3-7-4-6;3*1-5(2)6(3)4-7;/h10-11H,4-9H2,1-3H3;8,10H,4-7H2,1-3H3;9-10H,4-8H2,1-3H3;9-11H,3-8H2,1-2H3;5-8H,1-4H3;7-8H,3-6H2,1-2H3;2*7H,4-6H2,1-3H3;7-8H,3-6H2,1-2H3;4-5,8H,6-7H2,1-3H3;6-7H,3-5H2,1-2H3;5-6H,3-4H2,1-2H3;3*5-7H,4H2,1-3H3;1H4/b;;;;;;;;;5-4+;;;;;;/t;;;;;;8-;;;;7-;;2*6-;;/m......1...0.10../s1. The third-order valence-corrected chi connectivity index (χ3v) is 33.8. The molecule has 10 atom stereocenters. The van der Waals surface area contributed by atoms with Gasteiger partial charge in [-0.15, -0.1) is 0 Å². The molecule has 0 spiro atoms. The fraction of sp³-hybridized carbons (Fsp3) is 0.951. The highest BCUT2D eigenvalue weighted by atomic mass is 32.2. The fourth-order valence-electron chi connectivity index (χ4n) is 17.0. The molecule has 842 valence electrons. The van der Waals surface area contributed by atoms with Crippen LogP contribution >= 0.6 is 0 Å². The molecule has 0 aromatic carbocycles. The largest absolute Gasteiger partial charge is 0.396 e. The number of hydrogen-bond donors (Lipinski definition) is 4. The van der Waals surface area contributed by atoms with Gasteiger partial charge < -0.3 is 59.0 Å². The molecule has 18 heteroatoms. The number of allylic oxidation sites excluding steroid dienone is 2. The van der Waals surface area contributed by atoms with Gasteiger partial charge in [-0.3, -0.25) is 9.48 Å². The van der Waals surface area contributed by atoms with Gasteiger partial charge >= 0.3 is 0 Å². The first-order valence-electron chi connectivity index (χ1n) is 57.8. The number of aromatic nitrogens is 2. The number of sulfone groups is 1. The summed E-state index contributed by atoms with van der Waals surface area (Å²) >= 11 is 0. The number of likely N-dealkylation sites (tertiary alicyclic amines) is 3. The average Bonchev–Trinajstić information content (AvgIpc) is 1.81. The maximum Gasteiger partial charge on any atom is 0.219 e. The molecule has 10 fully saturated rings. The van der Waals surface area contributed by atoms with Gasteiger partial charge in [0.1, 0.15) is 9.84 Å². The maximum atomic E-state index is 11.0. The third-order valence-electron chi connectivity index (χ3n) is 32.1. The van der Waals surface area contributed by atoms with Crippen molar-refractivity contribution in [3.05, 3.63) is 30.1 Å². The van der Waals surface area contributed by atoms with Crippen LogP contribution < -0.4 is 5.32 Å². The Morgan fingerprint density at radius 2 is 0.843 bits per heavy atom. The molecule has 10 aliphatic heterocycles. The topological polar surface area (TPSA) is 198 Å². The summed E-state index contributed by atoms with van der Waals surface area (Å²) in [6.07, 6.45) is 35.1. The van der Waals surface area contributed by atoms with E-state index in [9.17, 15) is 13.2 Å². The molecule has 6 unspecified atom stereocenters. The Kier molecular flexibility index (Phi) is 90.5. The number of carbonyl (C=O) groups is 1. The number of ether oxygens (including phenoxy) is 5. The van der Waals surface area contributed by atoms with Crippen molar-refractivity contribution in [3.63, 3.8) is 0 Å². The molecule has 11 rings (SSSR count). The molecule has 4 N–H and O–H groups in total. The number of aliphatic hydroxyl groups excluding tert-OH is 3. The second-order valence-electron chi connectivity index (χ2n) is 50.2. The Labute approximate surface area is 875 Å². The predicted molar refractivity (Wildman–Crippen MR) is 613 cm³/mol. The van der Waals surface area contributed by atoms with Crippen molar-refractivity contribution in [1.82, 2.24) is 29.8 Å². The van der Waals surface area contributed by atoms with Crippen molar-refractivity contribution < 1.29 is 52.2 Å². The number of aryl methyl sites for hydroxylation is 1. The third kappa shape index (κ3) is 79.1. The lowest BCUT2D eigenvalue weighted by atomic mass is 9.79. The van der Waals surface area contributed by atoms with Gasteiger partial charge in [0.05, 0.1) is 43.6 Å². The quantitative estimate of drug-likeness (QED) is 0.0639. The minimum atomic E-state index is -2.65. The maximum absolute atomic E-state index is 11.0. The lowest BCUT2D eigenvalue weighted by Gasteiger charge is -2.33. The van der Waals surface area contributed by atoms with Gasteiger partial charge in [0.15, 0.2) is 0 Å². The van der Waals surface area contributed by atoms with Gasteiger partial charge in [0.25, 0.3) is 0 Å². The Hall–Kier alpha value is -2.07. The molecule has 0 radical (unpaired) electrons. The van der Waals surface area contributed by atoms with Crippen LogP contribution in [0.3, 0.4) is 0 Å². The van der Waals surface area contributed by atoms with Crippen LogP contribution in [0.5, 0.6) is 0 Å². The molecule has 10 aliphatic rings. The van der Waals surface area contributed by atoms with E-state index < -0.39 is 9.84 Å². The Morgan fingerprint density at radius 1 is 0.457 bits per heavy atom. The molecule has 10 saturated heterocycles. The highest BCUT2D eigenvalue weighted by Gasteiger charge is 2.34. The van der Waals surface area contributed by atoms with Crippen molar-refractivity contribution in [3.8, 4) is 0 Å². The highest BCUT2D eigenvalue weighted by molar-refractivity contribution is 7.91. The molecule has 17 nitrogen and oxygen atoms in total. The van der Waals surface area contributed by atoms with Crippen molar-refractivity contribution in [2.75, 3.05) is 164 Å². The molecule has 1 aromatic rings. The first-order valence-corrected chi connectivity index (χ1v) is 59.6. The molecule has 0 aliphatic carbocycles. The van der Waals surface area contributed by atoms with Gasteiger partial charge in [-0.05, 0) is 340 Å². The molecular formula is C122H252N6O11S. The predicted octanol–water partition coefficient (Wildman–Crippen LogP) is 29.7. The van der Waals surface area contributed by atoms with Crippen LogP contribution in [0.1, 0.15) is 423 Å². The van der Waals surface area contributed by atoms with E-state index in [4.69, 9.17) is 39.0 Å². The summed E-state index contributed by atoms with van der Waals surface area (Å²) in [4.78, 5) is 17.9. The van der Waals surface area contributed by atoms with Gasteiger partial charge in [-0.2, -0.15) is 5.10 Å². The van der Waals surface area contributed by atoms with E-state index in [1.54, 1.807) is 6.92 Å². The second kappa shape index (κ2) is 86.6. The minimum Gasteiger partial charge on any atom is -0.396 e. The zero-order valence-corrected chi connectivity index (χ0v) is 101. The smallest absolute Gasteiger partial charge is 0.219 e. The van der Waals surface area contributed by atoms with E-state index in [1.807, 2.05) is 43.6 Å². The normalized spacial score (nSPS) is 23.2. The Morgan fingerprint density at radius 3 is 1.11 bits per heavy atom. The van der Waals surface area contributed by atoms with Crippen LogP contribution in [0, 0.1) is 165 Å². The number of carbonyl (C=O) groups excluding carboxylic acids is 1. The number of aliphatic hydroxyl groups is 3. The summed E-state index contributed by atoms with van der Waals surface area (Å²) in [6.45, 7) is 104. The number of piperidine rings is 4. The van der Waals surface area contributed by atoms with E-state index in [1.165, 1.54) is 173 Å². The van der Waals surface area contributed by atoms with Crippen LogP contribution in [0.2, 0.25) is 0 Å². The fourth-order valence-corrected chi connectivity index (χ4v) is 18.6. The first kappa shape index (κ1) is 146. The SMILES string of the molecule is C.C/C=C/CCC(C)C.CC(=O)N1CCC(C(C)C)CC1.CC(C)C(C)CO.CC(C)C(C)c1ccn(C)n1.CC(C)C1(C)CCOC1.CC(C)C1CCOCC1.CC(C)C1CCS(=O)(=O)CC1.CC(C)C1COC1.CC(C)CC1CCCN(C)C1.CC(C)CCC1CCCN(C)C1.CC(C)CCC1CCCNC1.CC(C)[C@@H](C)CO.CC(C)[C@H](C)CO.CC(C)[C@H]1CCOC1.CC(C)[C@]1(C)CCOC1. The number of nitrogens with zero attached hydrogens (tertiary/aromatic N) is 5. The van der Waals surface area contributed by atoms with Crippen molar-refractivity contribution >= 4 is 15.7 Å². The number of rotatable bonds is 26. The zero-order valence-electron chi connectivity index (χ0n) is 100. The van der Waals surface area contributed by atoms with E-state index in [0.717, 1.165) is 193 Å². The molecule has 11 heterocycles. The molecule has 0 bridgehead atoms. The second-order valence-corrected chi connectivity index (χ2v) is 52.5.